The minimum atomic E-state index is -3.31. The Labute approximate surface area is 267 Å². The van der Waals surface area contributed by atoms with Crippen molar-refractivity contribution in [2.75, 3.05) is 24.1 Å². The number of nitrogens with zero attached hydrogens (tertiary/aromatic N) is 3. The lowest BCUT2D eigenvalue weighted by Crippen LogP contribution is -2.53. The van der Waals surface area contributed by atoms with E-state index in [9.17, 15) is 13.2 Å². The first-order valence-electron chi connectivity index (χ1n) is 14.3. The van der Waals surface area contributed by atoms with E-state index in [1.807, 2.05) is 23.1 Å². The third-order valence-corrected chi connectivity index (χ3v) is 8.46. The number of carbonyl (C=O) groups excluding carboxylic acids is 1. The lowest BCUT2D eigenvalue weighted by molar-refractivity contribution is 0.108. The van der Waals surface area contributed by atoms with Gasteiger partial charge in [0, 0.05) is 43.6 Å². The molecule has 9 nitrogen and oxygen atoms in total. The number of anilines is 1. The lowest BCUT2D eigenvalue weighted by Gasteiger charge is -2.40. The molecule has 1 saturated carbocycles. The first kappa shape index (κ1) is 34.4. The van der Waals surface area contributed by atoms with Crippen LogP contribution in [0.3, 0.4) is 0 Å². The van der Waals surface area contributed by atoms with Crippen LogP contribution in [-0.4, -0.2) is 60.7 Å². The Balaban J connectivity index is 0.00000253. The molecule has 0 spiro atoms. The summed E-state index contributed by atoms with van der Waals surface area (Å²) in [5.74, 6) is 1.35. The Kier molecular flexibility index (Phi) is 12.5. The summed E-state index contributed by atoms with van der Waals surface area (Å²) < 4.78 is 31.1. The van der Waals surface area contributed by atoms with E-state index >= 15 is 0 Å². The smallest absolute Gasteiger partial charge is 0.318 e. The number of nitrogens with one attached hydrogen (secondary N) is 2. The van der Waals surface area contributed by atoms with E-state index < -0.39 is 10.0 Å². The molecule has 234 valence electrons. The van der Waals surface area contributed by atoms with Crippen LogP contribution in [0.15, 0.2) is 66.9 Å². The molecule has 0 radical (unpaired) electrons. The zero-order valence-corrected chi connectivity index (χ0v) is 27.0. The summed E-state index contributed by atoms with van der Waals surface area (Å²) in [6, 6.07) is 19.4. The molecule has 2 aliphatic rings. The van der Waals surface area contributed by atoms with Gasteiger partial charge in [-0.25, -0.2) is 13.2 Å². The Hall–Kier alpha value is -3.05. The molecule has 1 saturated heterocycles. The van der Waals surface area contributed by atoms with Crippen LogP contribution < -0.4 is 14.8 Å². The van der Waals surface area contributed by atoms with Gasteiger partial charge in [-0.3, -0.25) is 14.6 Å². The molecule has 1 aliphatic carbocycles. The van der Waals surface area contributed by atoms with Gasteiger partial charge < -0.3 is 15.0 Å². The Morgan fingerprint density at radius 3 is 2.16 bits per heavy atom. The van der Waals surface area contributed by atoms with Gasteiger partial charge in [0.2, 0.25) is 10.0 Å². The predicted molar refractivity (Wildman–Crippen MR) is 175 cm³/mol. The van der Waals surface area contributed by atoms with Crippen molar-refractivity contribution >= 4 is 46.6 Å². The zero-order chi connectivity index (χ0) is 28.8. The molecule has 12 heteroatoms. The van der Waals surface area contributed by atoms with Gasteiger partial charge in [-0.1, -0.05) is 18.2 Å². The van der Waals surface area contributed by atoms with Crippen LogP contribution >= 0.6 is 24.8 Å². The van der Waals surface area contributed by atoms with Crippen LogP contribution in [0, 0.1) is 6.92 Å². The topological polar surface area (TPSA) is 104 Å². The van der Waals surface area contributed by atoms with Crippen molar-refractivity contribution in [3.8, 4) is 11.5 Å². The maximum absolute atomic E-state index is 13.3. The van der Waals surface area contributed by atoms with Crippen LogP contribution in [0.4, 0.5) is 10.5 Å². The molecule has 2 fully saturated rings. The van der Waals surface area contributed by atoms with E-state index in [1.165, 1.54) is 12.0 Å². The van der Waals surface area contributed by atoms with E-state index in [4.69, 9.17) is 4.74 Å². The minimum absolute atomic E-state index is 0. The number of aryl methyl sites for hydroxylation is 1. The van der Waals surface area contributed by atoms with E-state index in [2.05, 4.69) is 45.0 Å². The number of halogens is 2. The van der Waals surface area contributed by atoms with Gasteiger partial charge in [0.15, 0.2) is 0 Å². The molecule has 1 aliphatic heterocycles. The fourth-order valence-corrected chi connectivity index (χ4v) is 5.84. The second kappa shape index (κ2) is 15.6. The van der Waals surface area contributed by atoms with Crippen molar-refractivity contribution in [3.63, 3.8) is 0 Å². The predicted octanol–water partition coefficient (Wildman–Crippen LogP) is 6.13. The Morgan fingerprint density at radius 2 is 1.60 bits per heavy atom. The number of hydrogen-bond donors (Lipinski definition) is 2. The molecular weight excluding hydrogens is 609 g/mol. The van der Waals surface area contributed by atoms with Gasteiger partial charge in [0.25, 0.3) is 0 Å². The molecule has 2 N–H and O–H groups in total. The highest BCUT2D eigenvalue weighted by molar-refractivity contribution is 7.92. The third-order valence-electron chi connectivity index (χ3n) is 7.85. The summed E-state index contributed by atoms with van der Waals surface area (Å²) in [5.41, 5.74) is 3.77. The SMILES string of the molecule is Cc1cccnc1CN(C(=O)NC1CCC1)C1CCN(Cc2ccc(Oc3ccc(NS(C)(=O)=O)cc3)cc2)CC1.Cl.Cl. The number of sulfonamides is 1. The number of hydrogen-bond acceptors (Lipinski definition) is 6. The Morgan fingerprint density at radius 1 is 0.977 bits per heavy atom. The highest BCUT2D eigenvalue weighted by atomic mass is 35.5. The lowest BCUT2D eigenvalue weighted by atomic mass is 9.93. The Bertz CT molecular complexity index is 1430. The van der Waals surface area contributed by atoms with Crippen molar-refractivity contribution in [2.45, 2.75) is 64.2 Å². The first-order chi connectivity index (χ1) is 19.7. The largest absolute Gasteiger partial charge is 0.457 e. The number of pyridine rings is 1. The minimum Gasteiger partial charge on any atom is -0.457 e. The quantitative estimate of drug-likeness (QED) is 0.274. The first-order valence-corrected chi connectivity index (χ1v) is 16.2. The van der Waals surface area contributed by atoms with Crippen molar-refractivity contribution in [1.29, 1.82) is 0 Å². The van der Waals surface area contributed by atoms with E-state index in [0.29, 0.717) is 29.8 Å². The number of rotatable bonds is 10. The van der Waals surface area contributed by atoms with Gasteiger partial charge >= 0.3 is 6.03 Å². The maximum Gasteiger partial charge on any atom is 0.318 e. The van der Waals surface area contributed by atoms with E-state index in [1.54, 1.807) is 30.5 Å². The summed E-state index contributed by atoms with van der Waals surface area (Å²) in [6.45, 7) is 5.27. The van der Waals surface area contributed by atoms with Crippen LogP contribution in [0.2, 0.25) is 0 Å². The molecule has 5 rings (SSSR count). The molecule has 0 unspecified atom stereocenters. The monoisotopic (exact) mass is 649 g/mol. The molecule has 2 amide bonds. The number of ether oxygens (including phenoxy) is 1. The zero-order valence-electron chi connectivity index (χ0n) is 24.6. The molecule has 2 heterocycles. The summed E-state index contributed by atoms with van der Waals surface area (Å²) in [4.78, 5) is 22.3. The van der Waals surface area contributed by atoms with Gasteiger partial charge in [-0.05, 0) is 92.6 Å². The fourth-order valence-electron chi connectivity index (χ4n) is 5.27. The summed E-state index contributed by atoms with van der Waals surface area (Å²) >= 11 is 0. The molecular formula is C31H41Cl2N5O4S. The molecule has 1 aromatic heterocycles. The number of amides is 2. The van der Waals surface area contributed by atoms with Crippen LogP contribution in [-0.2, 0) is 23.1 Å². The molecule has 0 atom stereocenters. The summed E-state index contributed by atoms with van der Waals surface area (Å²) in [7, 11) is -3.31. The van der Waals surface area contributed by atoms with E-state index in [-0.39, 0.29) is 36.9 Å². The number of urea groups is 1. The van der Waals surface area contributed by atoms with Crippen LogP contribution in [0.1, 0.15) is 48.9 Å². The van der Waals surface area contributed by atoms with Crippen molar-refractivity contribution in [3.05, 3.63) is 83.7 Å². The number of benzene rings is 2. The second-order valence-electron chi connectivity index (χ2n) is 11.1. The van der Waals surface area contributed by atoms with E-state index in [0.717, 1.165) is 62.8 Å². The van der Waals surface area contributed by atoms with Gasteiger partial charge in [0.1, 0.15) is 11.5 Å². The number of aromatic nitrogens is 1. The number of carbonyl (C=O) groups is 1. The molecule has 3 aromatic rings. The number of likely N-dealkylation sites (tertiary alicyclic amines) is 1. The second-order valence-corrected chi connectivity index (χ2v) is 12.9. The highest BCUT2D eigenvalue weighted by Gasteiger charge is 2.31. The maximum atomic E-state index is 13.3. The third kappa shape index (κ3) is 9.99. The van der Waals surface area contributed by atoms with Crippen LogP contribution in [0.5, 0.6) is 11.5 Å². The van der Waals surface area contributed by atoms with Crippen molar-refractivity contribution < 1.29 is 17.9 Å². The van der Waals surface area contributed by atoms with Gasteiger partial charge in [-0.2, -0.15) is 0 Å². The molecule has 2 aromatic carbocycles. The number of piperidine rings is 1. The average molecular weight is 651 g/mol. The van der Waals surface area contributed by atoms with Crippen molar-refractivity contribution in [2.24, 2.45) is 0 Å². The molecule has 0 bridgehead atoms. The summed E-state index contributed by atoms with van der Waals surface area (Å²) in [5, 5.41) is 3.25. The molecule has 43 heavy (non-hydrogen) atoms. The normalized spacial score (nSPS) is 15.8. The highest BCUT2D eigenvalue weighted by Crippen LogP contribution is 2.26. The average Bonchev–Trinajstić information content (AvgIpc) is 2.92. The van der Waals surface area contributed by atoms with Crippen molar-refractivity contribution in [1.82, 2.24) is 20.1 Å². The van der Waals surface area contributed by atoms with Gasteiger partial charge in [0.05, 0.1) is 18.5 Å². The standard InChI is InChI=1S/C31H39N5O4S.2ClH/c1-23-5-4-18-32-30(23)22-36(31(37)33-25-6-3-7-25)27-16-19-35(20-17-27)21-24-8-12-28(13-9-24)40-29-14-10-26(11-15-29)34-41(2,38)39;;/h4-5,8-15,18,25,27,34H,3,6-7,16-17,19-22H2,1-2H3,(H,33,37);2*1H. The van der Waals surface area contributed by atoms with Gasteiger partial charge in [-0.15, -0.1) is 24.8 Å². The summed E-state index contributed by atoms with van der Waals surface area (Å²) in [6.07, 6.45) is 8.10. The fraction of sp³-hybridized carbons (Fsp3) is 0.419. The van der Waals surface area contributed by atoms with Crippen LogP contribution in [0.25, 0.3) is 0 Å².